The maximum Gasteiger partial charge on any atom is 0.269 e. The predicted octanol–water partition coefficient (Wildman–Crippen LogP) is 5.51. The smallest absolute Gasteiger partial charge is 0.269 e. The van der Waals surface area contributed by atoms with Crippen molar-refractivity contribution >= 4 is 56.0 Å². The number of hydrogen-bond acceptors (Lipinski definition) is 7. The number of ether oxygens (including phenoxy) is 1. The number of anilines is 1. The van der Waals surface area contributed by atoms with E-state index in [-0.39, 0.29) is 18.1 Å². The molecule has 0 aliphatic heterocycles. The molecule has 0 bridgehead atoms. The van der Waals surface area contributed by atoms with Crippen LogP contribution in [0, 0.1) is 10.1 Å². The number of methoxy groups -OCH3 is 1. The first-order valence-corrected chi connectivity index (χ1v) is 10.9. The Morgan fingerprint density at radius 1 is 1.24 bits per heavy atom. The Hall–Kier alpha value is -3.82. The molecule has 1 amide bonds. The summed E-state index contributed by atoms with van der Waals surface area (Å²) in [4.78, 5) is 33.9. The number of carbonyl (C=O) groups is 1. The highest BCUT2D eigenvalue weighted by atomic mass is 35.5. The topological polar surface area (TPSA) is 98.5 Å². The third-order valence-electron chi connectivity index (χ3n) is 4.75. The van der Waals surface area contributed by atoms with E-state index in [9.17, 15) is 14.9 Å². The summed E-state index contributed by atoms with van der Waals surface area (Å²) in [5, 5.41) is 11.8. The largest absolute Gasteiger partial charge is 0.494 e. The lowest BCUT2D eigenvalue weighted by molar-refractivity contribution is -0.384. The number of rotatable bonds is 7. The molecule has 10 heteroatoms. The molecule has 0 radical (unpaired) electrons. The third kappa shape index (κ3) is 5.00. The first-order chi connectivity index (χ1) is 16.0. The van der Waals surface area contributed by atoms with Crippen molar-refractivity contribution in [2.45, 2.75) is 6.54 Å². The number of amides is 1. The van der Waals surface area contributed by atoms with E-state index in [0.717, 1.165) is 5.56 Å². The second kappa shape index (κ2) is 9.76. The Morgan fingerprint density at radius 2 is 2.03 bits per heavy atom. The Morgan fingerprint density at radius 3 is 2.70 bits per heavy atom. The van der Waals surface area contributed by atoms with Crippen molar-refractivity contribution in [3.05, 3.63) is 93.3 Å². The number of benzene rings is 2. The summed E-state index contributed by atoms with van der Waals surface area (Å²) < 4.78 is 6.11. The van der Waals surface area contributed by atoms with Gasteiger partial charge >= 0.3 is 0 Å². The van der Waals surface area contributed by atoms with E-state index in [4.69, 9.17) is 16.3 Å². The van der Waals surface area contributed by atoms with Crippen molar-refractivity contribution in [3.8, 4) is 5.75 Å². The van der Waals surface area contributed by atoms with E-state index < -0.39 is 4.92 Å². The maximum absolute atomic E-state index is 13.2. The Labute approximate surface area is 197 Å². The number of carbonyl (C=O) groups excluding carboxylic acids is 1. The Kier molecular flexibility index (Phi) is 6.62. The van der Waals surface area contributed by atoms with Gasteiger partial charge in [0.2, 0.25) is 0 Å². The lowest BCUT2D eigenvalue weighted by Crippen LogP contribution is -2.28. The van der Waals surface area contributed by atoms with Crippen LogP contribution in [0.5, 0.6) is 5.75 Å². The minimum absolute atomic E-state index is 0.0167. The van der Waals surface area contributed by atoms with Gasteiger partial charge in [-0.25, -0.2) is 4.98 Å². The van der Waals surface area contributed by atoms with E-state index in [1.165, 1.54) is 34.4 Å². The number of nitrogens with zero attached hydrogens (tertiary/aromatic N) is 4. The molecule has 0 saturated heterocycles. The van der Waals surface area contributed by atoms with Crippen molar-refractivity contribution in [3.63, 3.8) is 0 Å². The first kappa shape index (κ1) is 22.4. The molecule has 8 nitrogen and oxygen atoms in total. The molecule has 33 heavy (non-hydrogen) atoms. The fourth-order valence-electron chi connectivity index (χ4n) is 3.10. The lowest BCUT2D eigenvalue weighted by atomic mass is 10.2. The van der Waals surface area contributed by atoms with Gasteiger partial charge in [0.1, 0.15) is 11.3 Å². The molecule has 2 aromatic heterocycles. The summed E-state index contributed by atoms with van der Waals surface area (Å²) in [5.41, 5.74) is 2.04. The van der Waals surface area contributed by atoms with Gasteiger partial charge in [-0.15, -0.1) is 0 Å². The van der Waals surface area contributed by atoms with Gasteiger partial charge in [0, 0.05) is 30.6 Å². The van der Waals surface area contributed by atoms with Gasteiger partial charge in [0.05, 0.1) is 28.3 Å². The third-order valence-corrected chi connectivity index (χ3v) is 6.29. The summed E-state index contributed by atoms with van der Waals surface area (Å²) in [5.74, 6) is 0.249. The van der Waals surface area contributed by atoms with Crippen LogP contribution in [0.25, 0.3) is 16.3 Å². The average Bonchev–Trinajstić information content (AvgIpc) is 3.28. The summed E-state index contributed by atoms with van der Waals surface area (Å²) in [7, 11) is 1.55. The zero-order valence-electron chi connectivity index (χ0n) is 17.3. The molecule has 0 spiro atoms. The zero-order chi connectivity index (χ0) is 23.4. The van der Waals surface area contributed by atoms with Gasteiger partial charge in [0.15, 0.2) is 5.13 Å². The van der Waals surface area contributed by atoms with Crippen molar-refractivity contribution in [1.82, 2.24) is 9.97 Å². The molecule has 0 aliphatic carbocycles. The highest BCUT2D eigenvalue weighted by Gasteiger charge is 2.21. The van der Waals surface area contributed by atoms with Crippen LogP contribution < -0.4 is 9.64 Å². The average molecular weight is 481 g/mol. The molecule has 2 aromatic carbocycles. The molecule has 0 N–H and O–H groups in total. The molecule has 0 fully saturated rings. The number of thiazole rings is 1. The number of non-ortho nitro benzene ring substituents is 1. The molecule has 166 valence electrons. The Balaban J connectivity index is 1.69. The predicted molar refractivity (Wildman–Crippen MR) is 129 cm³/mol. The molecular weight excluding hydrogens is 464 g/mol. The molecule has 2 heterocycles. The van der Waals surface area contributed by atoms with Gasteiger partial charge in [-0.1, -0.05) is 29.0 Å². The number of fused-ring (bicyclic) bond motifs is 1. The summed E-state index contributed by atoms with van der Waals surface area (Å²) in [6, 6.07) is 13.1. The van der Waals surface area contributed by atoms with E-state index in [1.54, 1.807) is 55.9 Å². The minimum atomic E-state index is -0.471. The fraction of sp³-hybridized carbons (Fsp3) is 0.0870. The van der Waals surface area contributed by atoms with Gasteiger partial charge in [-0.3, -0.25) is 24.8 Å². The number of nitro groups is 1. The van der Waals surface area contributed by atoms with E-state index in [0.29, 0.717) is 31.7 Å². The monoisotopic (exact) mass is 480 g/mol. The SMILES string of the molecule is COc1ccc(Cl)c2sc(N(Cc3cccnc3)C(=O)/C=C/c3ccc([N+](=O)[O-])cc3)nc12. The van der Waals surface area contributed by atoms with Crippen molar-refractivity contribution in [1.29, 1.82) is 0 Å². The fourth-order valence-corrected chi connectivity index (χ4v) is 4.36. The van der Waals surface area contributed by atoms with Crippen LogP contribution in [-0.4, -0.2) is 27.9 Å². The molecule has 0 unspecified atom stereocenters. The minimum Gasteiger partial charge on any atom is -0.494 e. The van der Waals surface area contributed by atoms with Gasteiger partial charge in [-0.05, 0) is 47.5 Å². The van der Waals surface area contributed by atoms with Crippen LogP contribution in [-0.2, 0) is 11.3 Å². The molecule has 4 aromatic rings. The Bertz CT molecular complexity index is 1340. The second-order valence-electron chi connectivity index (χ2n) is 6.89. The number of halogens is 1. The molecule has 4 rings (SSSR count). The highest BCUT2D eigenvalue weighted by molar-refractivity contribution is 7.23. The maximum atomic E-state index is 13.2. The van der Waals surface area contributed by atoms with Crippen LogP contribution in [0.2, 0.25) is 5.02 Å². The van der Waals surface area contributed by atoms with E-state index >= 15 is 0 Å². The van der Waals surface area contributed by atoms with Crippen molar-refractivity contribution in [2.24, 2.45) is 0 Å². The standard InChI is InChI=1S/C23H17ClN4O4S/c1-32-19-10-9-18(24)22-21(19)26-23(33-22)27(14-16-3-2-12-25-13-16)20(29)11-6-15-4-7-17(8-5-15)28(30)31/h2-13H,14H2,1H3/b11-6+. The first-order valence-electron chi connectivity index (χ1n) is 9.72. The molecular formula is C23H17ClN4O4S. The molecule has 0 atom stereocenters. The van der Waals surface area contributed by atoms with E-state index in [2.05, 4.69) is 9.97 Å². The molecule has 0 saturated carbocycles. The number of aromatic nitrogens is 2. The highest BCUT2D eigenvalue weighted by Crippen LogP contribution is 2.39. The van der Waals surface area contributed by atoms with Gasteiger partial charge in [-0.2, -0.15) is 0 Å². The van der Waals surface area contributed by atoms with E-state index in [1.807, 2.05) is 6.07 Å². The van der Waals surface area contributed by atoms with Crippen molar-refractivity contribution in [2.75, 3.05) is 12.0 Å². The summed E-state index contributed by atoms with van der Waals surface area (Å²) in [6.45, 7) is 0.247. The number of nitro benzene ring substituents is 1. The van der Waals surface area contributed by atoms with Crippen LogP contribution in [0.15, 0.2) is 67.0 Å². The van der Waals surface area contributed by atoms with Gasteiger partial charge in [0.25, 0.3) is 11.6 Å². The van der Waals surface area contributed by atoms with Crippen LogP contribution in [0.3, 0.4) is 0 Å². The van der Waals surface area contributed by atoms with Gasteiger partial charge < -0.3 is 4.74 Å². The molecule has 0 aliphatic rings. The lowest BCUT2D eigenvalue weighted by Gasteiger charge is -2.18. The van der Waals surface area contributed by atoms with Crippen LogP contribution >= 0.6 is 22.9 Å². The quantitative estimate of drug-likeness (QED) is 0.196. The second-order valence-corrected chi connectivity index (χ2v) is 8.28. The number of pyridine rings is 1. The number of hydrogen-bond donors (Lipinski definition) is 0. The summed E-state index contributed by atoms with van der Waals surface area (Å²) in [6.07, 6.45) is 6.35. The van der Waals surface area contributed by atoms with Crippen molar-refractivity contribution < 1.29 is 14.5 Å². The zero-order valence-corrected chi connectivity index (χ0v) is 18.9. The van der Waals surface area contributed by atoms with Crippen LogP contribution in [0.1, 0.15) is 11.1 Å². The van der Waals surface area contributed by atoms with Crippen LogP contribution in [0.4, 0.5) is 10.8 Å². The summed E-state index contributed by atoms with van der Waals surface area (Å²) >= 11 is 7.65. The normalized spacial score (nSPS) is 11.1.